The maximum Gasteiger partial charge on any atom is 0.223 e. The minimum atomic E-state index is -0.871. The zero-order valence-corrected chi connectivity index (χ0v) is 19.7. The topological polar surface area (TPSA) is 89.5 Å². The summed E-state index contributed by atoms with van der Waals surface area (Å²) in [5.41, 5.74) is 0.695. The van der Waals surface area contributed by atoms with Gasteiger partial charge in [0.05, 0.1) is 26.2 Å². The number of aliphatic hydroxyl groups excluding tert-OH is 1. The largest absolute Gasteiger partial charge is 0.497 e. The first-order chi connectivity index (χ1) is 16.6. The molecule has 0 aliphatic carbocycles. The Morgan fingerprint density at radius 1 is 1.03 bits per heavy atom. The highest BCUT2D eigenvalue weighted by Crippen LogP contribution is 2.33. The van der Waals surface area contributed by atoms with Crippen LogP contribution in [-0.4, -0.2) is 68.5 Å². The van der Waals surface area contributed by atoms with E-state index in [1.165, 1.54) is 6.42 Å². The number of hydrogen-bond donors (Lipinski definition) is 2. The third-order valence-electron chi connectivity index (χ3n) is 6.20. The molecule has 2 heterocycles. The quantitative estimate of drug-likeness (QED) is 0.552. The zero-order valence-electron chi connectivity index (χ0n) is 19.7. The highest BCUT2D eigenvalue weighted by Gasteiger charge is 2.27. The van der Waals surface area contributed by atoms with E-state index in [2.05, 4.69) is 10.2 Å². The first kappa shape index (κ1) is 24.2. The number of piperidine rings is 1. The highest BCUT2D eigenvalue weighted by molar-refractivity contribution is 5.76. The van der Waals surface area contributed by atoms with Crippen molar-refractivity contribution < 1.29 is 28.8 Å². The predicted molar refractivity (Wildman–Crippen MR) is 128 cm³/mol. The van der Waals surface area contributed by atoms with Crippen LogP contribution in [0.25, 0.3) is 0 Å². The van der Waals surface area contributed by atoms with E-state index in [0.29, 0.717) is 42.6 Å². The van der Waals surface area contributed by atoms with Crippen LogP contribution in [-0.2, 0) is 4.79 Å². The molecule has 0 saturated carbocycles. The van der Waals surface area contributed by atoms with Crippen LogP contribution in [0.15, 0.2) is 42.5 Å². The molecule has 8 nitrogen and oxygen atoms in total. The minimum Gasteiger partial charge on any atom is -0.497 e. The third kappa shape index (κ3) is 6.55. The number of fused-ring (bicyclic) bond motifs is 1. The molecule has 2 aliphatic rings. The predicted octanol–water partition coefficient (Wildman–Crippen LogP) is 2.94. The molecule has 0 radical (unpaired) electrons. The SMILES string of the molecule is COc1ccc(OCCC(=O)NC(CN2CCCCC2)C(O)c2ccc3c(c2)OCCO3)cc1. The average Bonchev–Trinajstić information content (AvgIpc) is 2.88. The van der Waals surface area contributed by atoms with Gasteiger partial charge in [-0.3, -0.25) is 4.79 Å². The van der Waals surface area contributed by atoms with Crippen molar-refractivity contribution in [2.75, 3.05) is 46.6 Å². The van der Waals surface area contributed by atoms with Gasteiger partial charge >= 0.3 is 0 Å². The lowest BCUT2D eigenvalue weighted by Gasteiger charge is -2.33. The molecular weight excluding hydrogens is 436 g/mol. The van der Waals surface area contributed by atoms with Gasteiger partial charge < -0.3 is 34.3 Å². The Balaban J connectivity index is 1.37. The molecule has 8 heteroatoms. The number of methoxy groups -OCH3 is 1. The van der Waals surface area contributed by atoms with E-state index in [-0.39, 0.29) is 18.9 Å². The molecule has 0 bridgehead atoms. The monoisotopic (exact) mass is 470 g/mol. The molecule has 0 spiro atoms. The maximum atomic E-state index is 12.8. The summed E-state index contributed by atoms with van der Waals surface area (Å²) in [5.74, 6) is 2.56. The number of rotatable bonds is 10. The molecule has 2 N–H and O–H groups in total. The number of benzene rings is 2. The molecule has 34 heavy (non-hydrogen) atoms. The number of ether oxygens (including phenoxy) is 4. The van der Waals surface area contributed by atoms with Crippen LogP contribution >= 0.6 is 0 Å². The van der Waals surface area contributed by atoms with E-state index in [4.69, 9.17) is 18.9 Å². The summed E-state index contributed by atoms with van der Waals surface area (Å²) in [6.45, 7) is 3.77. The van der Waals surface area contributed by atoms with E-state index in [9.17, 15) is 9.90 Å². The van der Waals surface area contributed by atoms with Gasteiger partial charge in [-0.15, -0.1) is 0 Å². The second-order valence-corrected chi connectivity index (χ2v) is 8.66. The summed E-state index contributed by atoms with van der Waals surface area (Å²) in [6.07, 6.45) is 2.81. The molecule has 0 aromatic heterocycles. The van der Waals surface area contributed by atoms with E-state index in [1.54, 1.807) is 13.2 Å². The fraction of sp³-hybridized carbons (Fsp3) is 0.500. The van der Waals surface area contributed by atoms with E-state index in [1.807, 2.05) is 36.4 Å². The second-order valence-electron chi connectivity index (χ2n) is 8.66. The van der Waals surface area contributed by atoms with Gasteiger partial charge in [0.15, 0.2) is 11.5 Å². The smallest absolute Gasteiger partial charge is 0.223 e. The molecule has 1 saturated heterocycles. The number of nitrogens with one attached hydrogen (secondary N) is 1. The lowest BCUT2D eigenvalue weighted by atomic mass is 9.99. The van der Waals surface area contributed by atoms with Crippen LogP contribution in [0.2, 0.25) is 0 Å². The number of carbonyl (C=O) groups excluding carboxylic acids is 1. The van der Waals surface area contributed by atoms with E-state index >= 15 is 0 Å². The van der Waals surface area contributed by atoms with Gasteiger partial charge in [0.2, 0.25) is 5.91 Å². The molecule has 4 rings (SSSR count). The van der Waals surface area contributed by atoms with Crippen molar-refractivity contribution >= 4 is 5.91 Å². The molecule has 2 atom stereocenters. The Labute approximate surface area is 200 Å². The number of nitrogens with zero attached hydrogens (tertiary/aromatic N) is 1. The van der Waals surface area contributed by atoms with Crippen LogP contribution in [0.4, 0.5) is 0 Å². The number of carbonyl (C=O) groups is 1. The Hall–Kier alpha value is -2.97. The number of aliphatic hydroxyl groups is 1. The molecule has 184 valence electrons. The molecule has 1 amide bonds. The molecule has 1 fully saturated rings. The summed E-state index contributed by atoms with van der Waals surface area (Å²) in [7, 11) is 1.61. The Kier molecular flexibility index (Phi) is 8.49. The third-order valence-corrected chi connectivity index (χ3v) is 6.20. The van der Waals surface area contributed by atoms with Gasteiger partial charge in [0.1, 0.15) is 30.8 Å². The van der Waals surface area contributed by atoms with Gasteiger partial charge in [-0.25, -0.2) is 0 Å². The lowest BCUT2D eigenvalue weighted by Crippen LogP contribution is -2.48. The molecular formula is C26H34N2O6. The fourth-order valence-electron chi connectivity index (χ4n) is 4.33. The van der Waals surface area contributed by atoms with Crippen LogP contribution in [0.3, 0.4) is 0 Å². The molecule has 2 aliphatic heterocycles. The van der Waals surface area contributed by atoms with Crippen molar-refractivity contribution in [2.24, 2.45) is 0 Å². The Bertz CT molecular complexity index is 929. The molecule has 2 aromatic carbocycles. The average molecular weight is 471 g/mol. The number of likely N-dealkylation sites (tertiary alicyclic amines) is 1. The fourth-order valence-corrected chi connectivity index (χ4v) is 4.33. The summed E-state index contributed by atoms with van der Waals surface area (Å²) in [5, 5.41) is 14.3. The summed E-state index contributed by atoms with van der Waals surface area (Å²) >= 11 is 0. The summed E-state index contributed by atoms with van der Waals surface area (Å²) in [4.78, 5) is 15.1. The Morgan fingerprint density at radius 3 is 2.47 bits per heavy atom. The zero-order chi connectivity index (χ0) is 23.8. The number of hydrogen-bond acceptors (Lipinski definition) is 7. The van der Waals surface area contributed by atoms with Crippen molar-refractivity contribution in [3.05, 3.63) is 48.0 Å². The standard InChI is InChI=1S/C26H34N2O6/c1-31-20-6-8-21(9-7-20)32-14-11-25(29)27-22(18-28-12-3-2-4-13-28)26(30)19-5-10-23-24(17-19)34-16-15-33-23/h5-10,17,22,26,30H,2-4,11-16,18H2,1H3,(H,27,29). The van der Waals surface area contributed by atoms with Crippen molar-refractivity contribution in [3.8, 4) is 23.0 Å². The highest BCUT2D eigenvalue weighted by atomic mass is 16.6. The van der Waals surface area contributed by atoms with Crippen LogP contribution in [0.1, 0.15) is 37.4 Å². The van der Waals surface area contributed by atoms with Gasteiger partial charge in [-0.1, -0.05) is 12.5 Å². The molecule has 2 unspecified atom stereocenters. The van der Waals surface area contributed by atoms with Crippen molar-refractivity contribution in [1.82, 2.24) is 10.2 Å². The van der Waals surface area contributed by atoms with Crippen molar-refractivity contribution in [1.29, 1.82) is 0 Å². The van der Waals surface area contributed by atoms with Crippen molar-refractivity contribution in [2.45, 2.75) is 37.8 Å². The lowest BCUT2D eigenvalue weighted by molar-refractivity contribution is -0.123. The minimum absolute atomic E-state index is 0.160. The van der Waals surface area contributed by atoms with Gasteiger partial charge in [-0.05, 0) is 67.9 Å². The van der Waals surface area contributed by atoms with Crippen LogP contribution in [0, 0.1) is 0 Å². The first-order valence-corrected chi connectivity index (χ1v) is 12.0. The van der Waals surface area contributed by atoms with Crippen LogP contribution < -0.4 is 24.3 Å². The van der Waals surface area contributed by atoms with E-state index < -0.39 is 12.1 Å². The Morgan fingerprint density at radius 2 is 1.74 bits per heavy atom. The van der Waals surface area contributed by atoms with E-state index in [0.717, 1.165) is 31.7 Å². The van der Waals surface area contributed by atoms with Crippen molar-refractivity contribution in [3.63, 3.8) is 0 Å². The number of amides is 1. The first-order valence-electron chi connectivity index (χ1n) is 12.0. The molecule has 2 aromatic rings. The van der Waals surface area contributed by atoms with Gasteiger partial charge in [0.25, 0.3) is 0 Å². The normalized spacial score (nSPS) is 17.5. The summed E-state index contributed by atoms with van der Waals surface area (Å²) in [6, 6.07) is 12.2. The van der Waals surface area contributed by atoms with Crippen LogP contribution in [0.5, 0.6) is 23.0 Å². The second kappa shape index (κ2) is 11.9. The maximum absolute atomic E-state index is 12.8. The van der Waals surface area contributed by atoms with Gasteiger partial charge in [-0.2, -0.15) is 0 Å². The summed E-state index contributed by atoms with van der Waals surface area (Å²) < 4.78 is 22.1. The van der Waals surface area contributed by atoms with Gasteiger partial charge in [0, 0.05) is 6.54 Å².